The Morgan fingerprint density at radius 1 is 1.12 bits per heavy atom. The van der Waals surface area contributed by atoms with Gasteiger partial charge in [0.1, 0.15) is 0 Å². The topological polar surface area (TPSA) is 41.1 Å². The van der Waals surface area contributed by atoms with Gasteiger partial charge < -0.3 is 10.6 Å². The highest BCUT2D eigenvalue weighted by Crippen LogP contribution is 2.41. The molecule has 0 aromatic heterocycles. The van der Waals surface area contributed by atoms with Crippen molar-refractivity contribution in [1.29, 1.82) is 0 Å². The van der Waals surface area contributed by atoms with Gasteiger partial charge in [0, 0.05) is 16.1 Å². The van der Waals surface area contributed by atoms with Crippen molar-refractivity contribution in [1.82, 2.24) is 5.32 Å². The second-order valence-corrected chi connectivity index (χ2v) is 6.93. The van der Waals surface area contributed by atoms with E-state index in [1.54, 1.807) is 36.4 Å². The summed E-state index contributed by atoms with van der Waals surface area (Å²) in [7, 11) is 0. The van der Waals surface area contributed by atoms with Gasteiger partial charge in [-0.2, -0.15) is 0 Å². The SMILES string of the molecule is O=C(Nc1cccc(-c2ccccc2Cl)c1F)[C@H]1NC[C@@H]2CC[C@@H]21. The first kappa shape index (κ1) is 15.6. The van der Waals surface area contributed by atoms with Crippen LogP contribution in [-0.4, -0.2) is 18.5 Å². The van der Waals surface area contributed by atoms with Gasteiger partial charge >= 0.3 is 0 Å². The van der Waals surface area contributed by atoms with Gasteiger partial charge in [-0.1, -0.05) is 41.9 Å². The Balaban J connectivity index is 1.59. The molecule has 2 aromatic carbocycles. The number of carbonyl (C=O) groups excluding carboxylic acids is 1. The Morgan fingerprint density at radius 2 is 1.92 bits per heavy atom. The van der Waals surface area contributed by atoms with Crippen molar-refractivity contribution in [3.8, 4) is 11.1 Å². The van der Waals surface area contributed by atoms with E-state index < -0.39 is 5.82 Å². The summed E-state index contributed by atoms with van der Waals surface area (Å²) in [6, 6.07) is 11.9. The maximum Gasteiger partial charge on any atom is 0.241 e. The fourth-order valence-corrected chi connectivity index (χ4v) is 3.97. The summed E-state index contributed by atoms with van der Waals surface area (Å²) in [5.41, 5.74) is 1.20. The maximum absolute atomic E-state index is 14.9. The molecular weight excluding hydrogens is 327 g/mol. The molecule has 2 aliphatic rings. The van der Waals surface area contributed by atoms with Crippen molar-refractivity contribution < 1.29 is 9.18 Å². The summed E-state index contributed by atoms with van der Waals surface area (Å²) >= 11 is 6.17. The molecule has 1 amide bonds. The quantitative estimate of drug-likeness (QED) is 0.880. The van der Waals surface area contributed by atoms with Gasteiger partial charge in [-0.25, -0.2) is 4.39 Å². The van der Waals surface area contributed by atoms with E-state index in [1.165, 1.54) is 6.42 Å². The predicted molar refractivity (Wildman–Crippen MR) is 93.5 cm³/mol. The molecule has 2 N–H and O–H groups in total. The van der Waals surface area contributed by atoms with Crippen LogP contribution in [0, 0.1) is 17.7 Å². The number of benzene rings is 2. The highest BCUT2D eigenvalue weighted by molar-refractivity contribution is 6.33. The summed E-state index contributed by atoms with van der Waals surface area (Å²) in [6.45, 7) is 0.880. The van der Waals surface area contributed by atoms with Crippen LogP contribution >= 0.6 is 11.6 Å². The Labute approximate surface area is 145 Å². The highest BCUT2D eigenvalue weighted by atomic mass is 35.5. The minimum atomic E-state index is -0.456. The van der Waals surface area contributed by atoms with Crippen LogP contribution in [0.2, 0.25) is 5.02 Å². The molecule has 1 aliphatic heterocycles. The maximum atomic E-state index is 14.9. The Bertz CT molecular complexity index is 795. The van der Waals surface area contributed by atoms with Crippen molar-refractivity contribution >= 4 is 23.2 Å². The minimum absolute atomic E-state index is 0.155. The van der Waals surface area contributed by atoms with Crippen LogP contribution in [0.5, 0.6) is 0 Å². The number of nitrogens with one attached hydrogen (secondary N) is 2. The fourth-order valence-electron chi connectivity index (χ4n) is 3.73. The third-order valence-electron chi connectivity index (χ3n) is 5.21. The molecule has 4 rings (SSSR count). The van der Waals surface area contributed by atoms with Crippen LogP contribution in [0.4, 0.5) is 10.1 Å². The van der Waals surface area contributed by atoms with Crippen LogP contribution < -0.4 is 10.6 Å². The Kier molecular flexibility index (Phi) is 4.02. The number of fused-ring (bicyclic) bond motifs is 1. The molecule has 3 nitrogen and oxygen atoms in total. The van der Waals surface area contributed by atoms with Gasteiger partial charge in [0.05, 0.1) is 11.7 Å². The third kappa shape index (κ3) is 2.60. The molecule has 5 heteroatoms. The van der Waals surface area contributed by atoms with E-state index >= 15 is 0 Å². The van der Waals surface area contributed by atoms with Gasteiger partial charge in [-0.15, -0.1) is 0 Å². The lowest BCUT2D eigenvalue weighted by molar-refractivity contribution is -0.119. The number of amides is 1. The molecule has 0 bridgehead atoms. The monoisotopic (exact) mass is 344 g/mol. The molecule has 24 heavy (non-hydrogen) atoms. The van der Waals surface area contributed by atoms with E-state index in [0.29, 0.717) is 28.0 Å². The summed E-state index contributed by atoms with van der Waals surface area (Å²) in [6.07, 6.45) is 2.25. The van der Waals surface area contributed by atoms with Crippen LogP contribution in [0.3, 0.4) is 0 Å². The molecule has 1 saturated carbocycles. The Hall–Kier alpha value is -1.91. The van der Waals surface area contributed by atoms with Gasteiger partial charge in [-0.3, -0.25) is 4.79 Å². The zero-order chi connectivity index (χ0) is 16.7. The van der Waals surface area contributed by atoms with Gasteiger partial charge in [-0.05, 0) is 43.4 Å². The van der Waals surface area contributed by atoms with Crippen LogP contribution in [-0.2, 0) is 4.79 Å². The average Bonchev–Trinajstić information content (AvgIpc) is 2.84. The van der Waals surface area contributed by atoms with Crippen LogP contribution in [0.25, 0.3) is 11.1 Å². The highest BCUT2D eigenvalue weighted by Gasteiger charge is 2.45. The molecule has 124 valence electrons. The number of carbonyl (C=O) groups is 1. The largest absolute Gasteiger partial charge is 0.322 e. The molecule has 0 unspecified atom stereocenters. The molecule has 0 spiro atoms. The van der Waals surface area contributed by atoms with Crippen molar-refractivity contribution in [3.05, 3.63) is 53.3 Å². The standard InChI is InChI=1S/C19H18ClFN2O/c20-15-6-2-1-4-13(15)14-5-3-7-16(17(14)21)23-19(24)18-12-9-8-11(12)10-22-18/h1-7,11-12,18,22H,8-10H2,(H,23,24)/t11-,12-,18-/m0/s1. The summed E-state index contributed by atoms with van der Waals surface area (Å²) in [5, 5.41) is 6.49. The first-order valence-electron chi connectivity index (χ1n) is 8.23. The number of rotatable bonds is 3. The molecule has 2 aromatic rings. The number of hydrogen-bond acceptors (Lipinski definition) is 2. The van der Waals surface area contributed by atoms with E-state index in [4.69, 9.17) is 11.6 Å². The van der Waals surface area contributed by atoms with Crippen LogP contribution in [0.1, 0.15) is 12.8 Å². The van der Waals surface area contributed by atoms with Crippen LogP contribution in [0.15, 0.2) is 42.5 Å². The lowest BCUT2D eigenvalue weighted by atomic mass is 9.73. The van der Waals surface area contributed by atoms with Gasteiger partial charge in [0.15, 0.2) is 5.82 Å². The second-order valence-electron chi connectivity index (χ2n) is 6.52. The molecule has 1 aliphatic carbocycles. The van der Waals surface area contributed by atoms with Crippen molar-refractivity contribution in [2.45, 2.75) is 18.9 Å². The molecule has 2 fully saturated rings. The third-order valence-corrected chi connectivity index (χ3v) is 5.54. The van der Waals surface area contributed by atoms with Gasteiger partial charge in [0.2, 0.25) is 5.91 Å². The van der Waals surface area contributed by atoms with Crippen molar-refractivity contribution in [2.75, 3.05) is 11.9 Å². The Morgan fingerprint density at radius 3 is 2.62 bits per heavy atom. The number of hydrogen-bond donors (Lipinski definition) is 2. The van der Waals surface area contributed by atoms with E-state index in [2.05, 4.69) is 10.6 Å². The summed E-state index contributed by atoms with van der Waals surface area (Å²) < 4.78 is 14.9. The lowest BCUT2D eigenvalue weighted by Crippen LogP contribution is -2.42. The zero-order valence-electron chi connectivity index (χ0n) is 13.1. The van der Waals surface area contributed by atoms with E-state index in [0.717, 1.165) is 13.0 Å². The van der Waals surface area contributed by atoms with Gasteiger partial charge in [0.25, 0.3) is 0 Å². The zero-order valence-corrected chi connectivity index (χ0v) is 13.8. The van der Waals surface area contributed by atoms with E-state index in [1.807, 2.05) is 6.07 Å². The minimum Gasteiger partial charge on any atom is -0.322 e. The van der Waals surface area contributed by atoms with Crippen molar-refractivity contribution in [3.63, 3.8) is 0 Å². The van der Waals surface area contributed by atoms with E-state index in [-0.39, 0.29) is 17.6 Å². The predicted octanol–water partition coefficient (Wildman–Crippen LogP) is 4.08. The van der Waals surface area contributed by atoms with Crippen molar-refractivity contribution in [2.24, 2.45) is 11.8 Å². The molecular formula is C19H18ClFN2O. The molecule has 0 radical (unpaired) electrons. The fraction of sp³-hybridized carbons (Fsp3) is 0.316. The smallest absolute Gasteiger partial charge is 0.241 e. The summed E-state index contributed by atoms with van der Waals surface area (Å²) in [5.74, 6) is 0.374. The molecule has 3 atom stereocenters. The summed E-state index contributed by atoms with van der Waals surface area (Å²) in [4.78, 5) is 12.5. The lowest BCUT2D eigenvalue weighted by Gasteiger charge is -2.32. The normalized spacial score (nSPS) is 25.0. The number of anilines is 1. The average molecular weight is 345 g/mol. The first-order valence-corrected chi connectivity index (χ1v) is 8.60. The number of halogens is 2. The second kappa shape index (κ2) is 6.19. The molecule has 1 heterocycles. The first-order chi connectivity index (χ1) is 11.6. The molecule has 1 saturated heterocycles. The van der Waals surface area contributed by atoms with E-state index in [9.17, 15) is 9.18 Å².